The van der Waals surface area contributed by atoms with Gasteiger partial charge in [0.25, 0.3) is 0 Å². The molecule has 3 nitrogen and oxygen atoms in total. The van der Waals surface area contributed by atoms with E-state index in [2.05, 4.69) is 12.2 Å². The van der Waals surface area contributed by atoms with Gasteiger partial charge in [0.1, 0.15) is 0 Å². The van der Waals surface area contributed by atoms with Gasteiger partial charge in [0.05, 0.1) is 6.10 Å². The Balaban J connectivity index is 1.98. The third-order valence-electron chi connectivity index (χ3n) is 2.31. The first-order valence-electron chi connectivity index (χ1n) is 4.68. The highest BCUT2D eigenvalue weighted by Gasteiger charge is 2.22. The van der Waals surface area contributed by atoms with Crippen LogP contribution in [0.1, 0.15) is 19.8 Å². The minimum Gasteiger partial charge on any atom is -0.385 e. The standard InChI is InChI=1S/C9H19NO2/c1-8-9(4-7-12-8)10-5-3-6-11-2/h8-10H,3-7H2,1-2H3/t8-,9+/m0/s1. The SMILES string of the molecule is COCCCN[C@@H]1CCO[C@H]1C. The van der Waals surface area contributed by atoms with Crippen LogP contribution in [0.5, 0.6) is 0 Å². The number of hydrogen-bond donors (Lipinski definition) is 1. The van der Waals surface area contributed by atoms with Crippen molar-refractivity contribution in [3.05, 3.63) is 0 Å². The summed E-state index contributed by atoms with van der Waals surface area (Å²) in [6.45, 7) is 4.91. The summed E-state index contributed by atoms with van der Waals surface area (Å²) < 4.78 is 10.4. The molecule has 0 bridgehead atoms. The van der Waals surface area contributed by atoms with Crippen LogP contribution in [0.25, 0.3) is 0 Å². The molecule has 1 aliphatic heterocycles. The van der Waals surface area contributed by atoms with Gasteiger partial charge in [-0.25, -0.2) is 0 Å². The molecular weight excluding hydrogens is 154 g/mol. The van der Waals surface area contributed by atoms with Crippen LogP contribution in [0.15, 0.2) is 0 Å². The summed E-state index contributed by atoms with van der Waals surface area (Å²) >= 11 is 0. The van der Waals surface area contributed by atoms with Gasteiger partial charge in [0.2, 0.25) is 0 Å². The van der Waals surface area contributed by atoms with E-state index in [1.54, 1.807) is 7.11 Å². The predicted molar refractivity (Wildman–Crippen MR) is 48.3 cm³/mol. The third-order valence-corrected chi connectivity index (χ3v) is 2.31. The highest BCUT2D eigenvalue weighted by atomic mass is 16.5. The first-order chi connectivity index (χ1) is 5.84. The molecule has 1 fully saturated rings. The number of methoxy groups -OCH3 is 1. The molecule has 3 heteroatoms. The molecule has 0 radical (unpaired) electrons. The fourth-order valence-corrected chi connectivity index (χ4v) is 1.50. The van der Waals surface area contributed by atoms with Crippen LogP contribution < -0.4 is 5.32 Å². The van der Waals surface area contributed by atoms with E-state index >= 15 is 0 Å². The molecular formula is C9H19NO2. The highest BCUT2D eigenvalue weighted by Crippen LogP contribution is 2.11. The molecule has 0 aliphatic carbocycles. The van der Waals surface area contributed by atoms with Crippen LogP contribution in [0.2, 0.25) is 0 Å². The molecule has 0 saturated carbocycles. The van der Waals surface area contributed by atoms with Crippen LogP contribution in [-0.4, -0.2) is 39.0 Å². The molecule has 1 saturated heterocycles. The Kier molecular flexibility index (Phi) is 4.58. The third kappa shape index (κ3) is 3.09. The topological polar surface area (TPSA) is 30.5 Å². The molecule has 72 valence electrons. The highest BCUT2D eigenvalue weighted by molar-refractivity contribution is 4.78. The van der Waals surface area contributed by atoms with Crippen molar-refractivity contribution in [2.45, 2.75) is 31.9 Å². The molecule has 12 heavy (non-hydrogen) atoms. The summed E-state index contributed by atoms with van der Waals surface area (Å²) in [6.07, 6.45) is 2.61. The minimum atomic E-state index is 0.382. The van der Waals surface area contributed by atoms with E-state index in [-0.39, 0.29) is 0 Å². The molecule has 0 aromatic rings. The van der Waals surface area contributed by atoms with E-state index in [9.17, 15) is 0 Å². The molecule has 1 N–H and O–H groups in total. The van der Waals surface area contributed by atoms with Gasteiger partial charge in [0, 0.05) is 26.4 Å². The zero-order chi connectivity index (χ0) is 8.81. The van der Waals surface area contributed by atoms with Crippen molar-refractivity contribution in [1.29, 1.82) is 0 Å². The lowest BCUT2D eigenvalue weighted by molar-refractivity contribution is 0.112. The van der Waals surface area contributed by atoms with E-state index in [1.807, 2.05) is 0 Å². The average Bonchev–Trinajstić information content (AvgIpc) is 2.46. The second-order valence-electron chi connectivity index (χ2n) is 3.27. The Morgan fingerprint density at radius 2 is 2.42 bits per heavy atom. The van der Waals surface area contributed by atoms with Gasteiger partial charge in [-0.1, -0.05) is 0 Å². The maximum absolute atomic E-state index is 5.43. The molecule has 0 aromatic carbocycles. The summed E-state index contributed by atoms with van der Waals surface area (Å²) in [5, 5.41) is 3.46. The summed E-state index contributed by atoms with van der Waals surface area (Å²) in [7, 11) is 1.74. The van der Waals surface area contributed by atoms with E-state index in [4.69, 9.17) is 9.47 Å². The van der Waals surface area contributed by atoms with Crippen molar-refractivity contribution < 1.29 is 9.47 Å². The number of rotatable bonds is 5. The Morgan fingerprint density at radius 3 is 3.00 bits per heavy atom. The Morgan fingerprint density at radius 1 is 1.58 bits per heavy atom. The Bertz CT molecular complexity index is 119. The van der Waals surface area contributed by atoms with Gasteiger partial charge in [-0.05, 0) is 26.3 Å². The maximum atomic E-state index is 5.43. The predicted octanol–water partition coefficient (Wildman–Crippen LogP) is 0.790. The largest absolute Gasteiger partial charge is 0.385 e. The van der Waals surface area contributed by atoms with Crippen LogP contribution in [0.3, 0.4) is 0 Å². The molecule has 0 aromatic heterocycles. The zero-order valence-corrected chi connectivity index (χ0v) is 8.01. The van der Waals surface area contributed by atoms with Crippen molar-refractivity contribution in [3.63, 3.8) is 0 Å². The minimum absolute atomic E-state index is 0.382. The molecule has 1 heterocycles. The lowest BCUT2D eigenvalue weighted by Crippen LogP contribution is -2.35. The Hall–Kier alpha value is -0.120. The van der Waals surface area contributed by atoms with Gasteiger partial charge in [-0.15, -0.1) is 0 Å². The molecule has 2 atom stereocenters. The van der Waals surface area contributed by atoms with Gasteiger partial charge >= 0.3 is 0 Å². The maximum Gasteiger partial charge on any atom is 0.0700 e. The summed E-state index contributed by atoms with van der Waals surface area (Å²) in [5.74, 6) is 0. The van der Waals surface area contributed by atoms with Gasteiger partial charge in [-0.3, -0.25) is 0 Å². The second-order valence-corrected chi connectivity index (χ2v) is 3.27. The number of ether oxygens (including phenoxy) is 2. The summed E-state index contributed by atoms with van der Waals surface area (Å²) in [5.41, 5.74) is 0. The fraction of sp³-hybridized carbons (Fsp3) is 1.00. The number of hydrogen-bond acceptors (Lipinski definition) is 3. The summed E-state index contributed by atoms with van der Waals surface area (Å²) in [4.78, 5) is 0. The van der Waals surface area contributed by atoms with Crippen molar-refractivity contribution in [2.24, 2.45) is 0 Å². The first-order valence-corrected chi connectivity index (χ1v) is 4.68. The molecule has 0 spiro atoms. The lowest BCUT2D eigenvalue weighted by Gasteiger charge is -2.15. The molecule has 1 rings (SSSR count). The molecule has 0 unspecified atom stereocenters. The van der Waals surface area contributed by atoms with Gasteiger partial charge < -0.3 is 14.8 Å². The average molecular weight is 173 g/mol. The molecule has 0 amide bonds. The van der Waals surface area contributed by atoms with Crippen LogP contribution in [0.4, 0.5) is 0 Å². The smallest absolute Gasteiger partial charge is 0.0700 e. The van der Waals surface area contributed by atoms with Crippen molar-refractivity contribution >= 4 is 0 Å². The van der Waals surface area contributed by atoms with Crippen LogP contribution >= 0.6 is 0 Å². The Labute approximate surface area is 74.4 Å². The second kappa shape index (κ2) is 5.51. The van der Waals surface area contributed by atoms with Crippen LogP contribution in [-0.2, 0) is 9.47 Å². The lowest BCUT2D eigenvalue weighted by atomic mass is 10.1. The van der Waals surface area contributed by atoms with E-state index in [0.717, 1.165) is 32.6 Å². The normalized spacial score (nSPS) is 29.5. The number of nitrogens with one attached hydrogen (secondary N) is 1. The van der Waals surface area contributed by atoms with Crippen LogP contribution in [0, 0.1) is 0 Å². The summed E-state index contributed by atoms with van der Waals surface area (Å²) in [6, 6.07) is 0.557. The van der Waals surface area contributed by atoms with Crippen molar-refractivity contribution in [3.8, 4) is 0 Å². The first kappa shape index (κ1) is 9.96. The van der Waals surface area contributed by atoms with E-state index in [0.29, 0.717) is 12.1 Å². The van der Waals surface area contributed by atoms with Crippen molar-refractivity contribution in [1.82, 2.24) is 5.32 Å². The van der Waals surface area contributed by atoms with Gasteiger partial charge in [0.15, 0.2) is 0 Å². The van der Waals surface area contributed by atoms with E-state index in [1.165, 1.54) is 0 Å². The fourth-order valence-electron chi connectivity index (χ4n) is 1.50. The van der Waals surface area contributed by atoms with E-state index < -0.39 is 0 Å². The molecule has 1 aliphatic rings. The zero-order valence-electron chi connectivity index (χ0n) is 8.01. The van der Waals surface area contributed by atoms with Crippen molar-refractivity contribution in [2.75, 3.05) is 26.9 Å². The van der Waals surface area contributed by atoms with Gasteiger partial charge in [-0.2, -0.15) is 0 Å². The quantitative estimate of drug-likeness (QED) is 0.623. The monoisotopic (exact) mass is 173 g/mol.